The first-order chi connectivity index (χ1) is 9.63. The van der Waals surface area contributed by atoms with Gasteiger partial charge in [0.25, 0.3) is 0 Å². The van der Waals surface area contributed by atoms with E-state index in [1.165, 1.54) is 13.8 Å². The molecule has 118 valence electrons. The lowest BCUT2D eigenvalue weighted by atomic mass is 9.87. The molecule has 0 spiro atoms. The molecule has 0 aromatic carbocycles. The van der Waals surface area contributed by atoms with Gasteiger partial charge in [0.1, 0.15) is 0 Å². The minimum atomic E-state index is -1.44. The Morgan fingerprint density at radius 3 is 1.62 bits per heavy atom. The maximum Gasteiger partial charge on any atom is 0.332 e. The van der Waals surface area contributed by atoms with Crippen molar-refractivity contribution in [3.05, 3.63) is 11.1 Å². The Bertz CT molecular complexity index is 477. The molecular formula is C13H18O8. The van der Waals surface area contributed by atoms with E-state index in [-0.39, 0.29) is 24.8 Å². The van der Waals surface area contributed by atoms with Crippen LogP contribution in [0.15, 0.2) is 11.1 Å². The monoisotopic (exact) mass is 302 g/mol. The summed E-state index contributed by atoms with van der Waals surface area (Å²) in [4.78, 5) is 44.0. The molecule has 0 aliphatic rings. The van der Waals surface area contributed by atoms with Gasteiger partial charge in [-0.15, -0.1) is 0 Å². The predicted octanol–water partition coefficient (Wildman–Crippen LogP) is 1.06. The molecule has 2 atom stereocenters. The summed E-state index contributed by atoms with van der Waals surface area (Å²) in [7, 11) is 0. The maximum atomic E-state index is 11.1. The molecule has 0 heterocycles. The molecular weight excluding hydrogens is 284 g/mol. The first-order valence-corrected chi connectivity index (χ1v) is 6.27. The third kappa shape index (κ3) is 5.25. The molecule has 0 fully saturated rings. The number of aliphatic carboxylic acids is 4. The summed E-state index contributed by atoms with van der Waals surface area (Å²) in [6, 6.07) is 0. The maximum absolute atomic E-state index is 11.1. The van der Waals surface area contributed by atoms with Gasteiger partial charge in [-0.1, -0.05) is 13.8 Å². The molecule has 0 amide bonds. The van der Waals surface area contributed by atoms with E-state index in [0.717, 1.165) is 0 Å². The van der Waals surface area contributed by atoms with Gasteiger partial charge in [-0.2, -0.15) is 0 Å². The highest BCUT2D eigenvalue weighted by Crippen LogP contribution is 2.23. The molecule has 0 saturated heterocycles. The standard InChI is InChI=1S/C13H18O8/c1-3-7(11(16)17)9(13(20)21)5-4-8(12(18)19)6(2)10(14)15/h6,8H,3-5H2,1-2H3,(H,14,15)(H,16,17)(H,18,19)(H,20,21). The number of carbonyl (C=O) groups is 4. The normalized spacial score (nSPS) is 14.8. The molecule has 0 radical (unpaired) electrons. The average Bonchev–Trinajstić information content (AvgIpc) is 2.35. The van der Waals surface area contributed by atoms with Crippen molar-refractivity contribution in [2.75, 3.05) is 0 Å². The van der Waals surface area contributed by atoms with E-state index >= 15 is 0 Å². The second-order valence-electron chi connectivity index (χ2n) is 4.53. The summed E-state index contributed by atoms with van der Waals surface area (Å²) in [6.07, 6.45) is -0.607. The van der Waals surface area contributed by atoms with Crippen LogP contribution >= 0.6 is 0 Å². The molecule has 21 heavy (non-hydrogen) atoms. The first kappa shape index (κ1) is 18.6. The van der Waals surface area contributed by atoms with Crippen molar-refractivity contribution in [1.29, 1.82) is 0 Å². The average molecular weight is 302 g/mol. The van der Waals surface area contributed by atoms with Crippen molar-refractivity contribution in [1.82, 2.24) is 0 Å². The lowest BCUT2D eigenvalue weighted by Crippen LogP contribution is -2.28. The zero-order valence-electron chi connectivity index (χ0n) is 11.7. The minimum Gasteiger partial charge on any atom is -0.481 e. The van der Waals surface area contributed by atoms with Crippen LogP contribution in [0, 0.1) is 11.8 Å². The Morgan fingerprint density at radius 2 is 1.33 bits per heavy atom. The Kier molecular flexibility index (Phi) is 7.12. The summed E-state index contributed by atoms with van der Waals surface area (Å²) < 4.78 is 0. The van der Waals surface area contributed by atoms with E-state index in [0.29, 0.717) is 0 Å². The van der Waals surface area contributed by atoms with Crippen LogP contribution in [0.5, 0.6) is 0 Å². The first-order valence-electron chi connectivity index (χ1n) is 6.27. The summed E-state index contributed by atoms with van der Waals surface area (Å²) in [6.45, 7) is 2.68. The zero-order valence-corrected chi connectivity index (χ0v) is 11.7. The molecule has 0 saturated carbocycles. The third-order valence-corrected chi connectivity index (χ3v) is 3.25. The van der Waals surface area contributed by atoms with Gasteiger partial charge in [0, 0.05) is 11.1 Å². The Balaban J connectivity index is 5.30. The molecule has 2 unspecified atom stereocenters. The van der Waals surface area contributed by atoms with E-state index in [2.05, 4.69) is 0 Å². The number of carboxylic acids is 4. The van der Waals surface area contributed by atoms with Gasteiger partial charge in [0.05, 0.1) is 11.8 Å². The summed E-state index contributed by atoms with van der Waals surface area (Å²) in [5.74, 6) is -7.98. The fourth-order valence-electron chi connectivity index (χ4n) is 1.94. The molecule has 4 N–H and O–H groups in total. The molecule has 0 bridgehead atoms. The number of carboxylic acid groups (broad SMARTS) is 4. The number of hydrogen-bond acceptors (Lipinski definition) is 4. The smallest absolute Gasteiger partial charge is 0.332 e. The van der Waals surface area contributed by atoms with Crippen LogP contribution in [0.4, 0.5) is 0 Å². The fraction of sp³-hybridized carbons (Fsp3) is 0.538. The van der Waals surface area contributed by atoms with Crippen molar-refractivity contribution in [3.8, 4) is 0 Å². The van der Waals surface area contributed by atoms with Gasteiger partial charge >= 0.3 is 23.9 Å². The minimum absolute atomic E-state index is 0.0246. The van der Waals surface area contributed by atoms with E-state index in [1.54, 1.807) is 0 Å². The summed E-state index contributed by atoms with van der Waals surface area (Å²) in [5.41, 5.74) is -0.705. The molecule has 0 aromatic rings. The topological polar surface area (TPSA) is 149 Å². The van der Waals surface area contributed by atoms with Crippen molar-refractivity contribution in [2.24, 2.45) is 11.8 Å². The van der Waals surface area contributed by atoms with Crippen LogP contribution < -0.4 is 0 Å². The van der Waals surface area contributed by atoms with Crippen molar-refractivity contribution >= 4 is 23.9 Å². The van der Waals surface area contributed by atoms with E-state index in [9.17, 15) is 19.2 Å². The van der Waals surface area contributed by atoms with Crippen LogP contribution in [0.3, 0.4) is 0 Å². The van der Waals surface area contributed by atoms with Gasteiger partial charge in [-0.05, 0) is 19.3 Å². The second-order valence-corrected chi connectivity index (χ2v) is 4.53. The van der Waals surface area contributed by atoms with Gasteiger partial charge in [0.2, 0.25) is 0 Å². The molecule has 0 aromatic heterocycles. The zero-order chi connectivity index (χ0) is 16.7. The van der Waals surface area contributed by atoms with Crippen LogP contribution in [0.2, 0.25) is 0 Å². The summed E-state index contributed by atoms with van der Waals surface area (Å²) in [5, 5.41) is 35.8. The Hall–Kier alpha value is -2.38. The number of hydrogen-bond donors (Lipinski definition) is 4. The largest absolute Gasteiger partial charge is 0.481 e. The summed E-state index contributed by atoms with van der Waals surface area (Å²) >= 11 is 0. The number of rotatable bonds is 9. The Labute approximate surface area is 120 Å². The molecule has 0 aliphatic heterocycles. The van der Waals surface area contributed by atoms with Gasteiger partial charge in [-0.3, -0.25) is 9.59 Å². The molecule has 0 aliphatic carbocycles. The lowest BCUT2D eigenvalue weighted by molar-refractivity contribution is -0.153. The Morgan fingerprint density at radius 1 is 0.857 bits per heavy atom. The molecule has 8 nitrogen and oxygen atoms in total. The second kappa shape index (κ2) is 8.03. The lowest BCUT2D eigenvalue weighted by Gasteiger charge is -2.17. The predicted molar refractivity (Wildman–Crippen MR) is 69.7 cm³/mol. The van der Waals surface area contributed by atoms with Gasteiger partial charge in [0.15, 0.2) is 0 Å². The SMILES string of the molecule is CCC(C(=O)O)=C(CCC(C(=O)O)C(C)C(=O)O)C(=O)O. The highest BCUT2D eigenvalue weighted by atomic mass is 16.4. The highest BCUT2D eigenvalue weighted by Gasteiger charge is 2.31. The van der Waals surface area contributed by atoms with Crippen LogP contribution in [-0.4, -0.2) is 44.3 Å². The third-order valence-electron chi connectivity index (χ3n) is 3.25. The van der Waals surface area contributed by atoms with Crippen molar-refractivity contribution < 1.29 is 39.6 Å². The van der Waals surface area contributed by atoms with Gasteiger partial charge in [-0.25, -0.2) is 9.59 Å². The van der Waals surface area contributed by atoms with Crippen LogP contribution in [0.1, 0.15) is 33.1 Å². The molecule has 0 rings (SSSR count). The van der Waals surface area contributed by atoms with Crippen molar-refractivity contribution in [2.45, 2.75) is 33.1 Å². The quantitative estimate of drug-likeness (QED) is 0.462. The van der Waals surface area contributed by atoms with Crippen LogP contribution in [0.25, 0.3) is 0 Å². The fourth-order valence-corrected chi connectivity index (χ4v) is 1.94. The van der Waals surface area contributed by atoms with E-state index < -0.39 is 41.3 Å². The van der Waals surface area contributed by atoms with E-state index in [4.69, 9.17) is 20.4 Å². The van der Waals surface area contributed by atoms with Crippen LogP contribution in [-0.2, 0) is 19.2 Å². The van der Waals surface area contributed by atoms with E-state index in [1.807, 2.05) is 0 Å². The van der Waals surface area contributed by atoms with Crippen molar-refractivity contribution in [3.63, 3.8) is 0 Å². The molecule has 8 heteroatoms. The highest BCUT2D eigenvalue weighted by molar-refractivity contribution is 5.98. The van der Waals surface area contributed by atoms with Gasteiger partial charge < -0.3 is 20.4 Å².